The molecule has 0 aliphatic carbocycles. The summed E-state index contributed by atoms with van der Waals surface area (Å²) in [5, 5.41) is 9.46. The number of carboxylic acids is 1. The maximum atomic E-state index is 10.8. The molecule has 2 aromatic rings. The summed E-state index contributed by atoms with van der Waals surface area (Å²) in [5.74, 6) is 0.320. The molecule has 0 bridgehead atoms. The Bertz CT molecular complexity index is 685. The molecule has 1 aromatic carbocycles. The van der Waals surface area contributed by atoms with Gasteiger partial charge in [0.05, 0.1) is 17.4 Å². The van der Waals surface area contributed by atoms with Crippen LogP contribution < -0.4 is 9.64 Å². The average molecular weight is 334 g/mol. The Balaban J connectivity index is 1.58. The van der Waals surface area contributed by atoms with E-state index in [1.165, 1.54) is 12.4 Å². The molecular weight excluding hydrogens is 318 g/mol. The van der Waals surface area contributed by atoms with Crippen molar-refractivity contribution in [1.29, 1.82) is 0 Å². The average Bonchev–Trinajstić information content (AvgIpc) is 2.58. The summed E-state index contributed by atoms with van der Waals surface area (Å²) in [6, 6.07) is 7.45. The number of halogens is 1. The van der Waals surface area contributed by atoms with Crippen LogP contribution in [-0.2, 0) is 0 Å². The largest absolute Gasteiger partial charge is 0.489 e. The standard InChI is InChI=1S/C16H16ClN3O3/c17-12-3-1-2-4-14(12)23-11-5-7-20(8-6-11)15-10-18-13(9-19-15)16(21)22/h1-4,9-11H,5-8H2,(H,21,22). The first kappa shape index (κ1) is 15.6. The second-order valence-corrected chi connectivity index (χ2v) is 5.71. The number of nitrogens with zero attached hydrogens (tertiary/aromatic N) is 3. The molecular formula is C16H16ClN3O3. The van der Waals surface area contributed by atoms with Crippen molar-refractivity contribution in [3.63, 3.8) is 0 Å². The van der Waals surface area contributed by atoms with E-state index in [-0.39, 0.29) is 11.8 Å². The molecule has 0 spiro atoms. The van der Waals surface area contributed by atoms with Crippen LogP contribution in [0.4, 0.5) is 5.82 Å². The Kier molecular flexibility index (Phi) is 4.62. The summed E-state index contributed by atoms with van der Waals surface area (Å²) in [6.07, 6.45) is 4.57. The highest BCUT2D eigenvalue weighted by Crippen LogP contribution is 2.27. The minimum atomic E-state index is -1.07. The number of aromatic carboxylic acids is 1. The number of carbonyl (C=O) groups is 1. The van der Waals surface area contributed by atoms with Crippen LogP contribution in [0, 0.1) is 0 Å². The van der Waals surface area contributed by atoms with E-state index in [4.69, 9.17) is 21.4 Å². The van der Waals surface area contributed by atoms with Gasteiger partial charge in [-0.3, -0.25) is 0 Å². The molecule has 6 nitrogen and oxygen atoms in total. The third kappa shape index (κ3) is 3.71. The number of carboxylic acid groups (broad SMARTS) is 1. The van der Waals surface area contributed by atoms with Gasteiger partial charge < -0.3 is 14.7 Å². The van der Waals surface area contributed by atoms with Crippen LogP contribution in [0.1, 0.15) is 23.3 Å². The fraction of sp³-hybridized carbons (Fsp3) is 0.312. The Labute approximate surface area is 138 Å². The lowest BCUT2D eigenvalue weighted by molar-refractivity contribution is 0.0690. The van der Waals surface area contributed by atoms with E-state index < -0.39 is 5.97 Å². The summed E-state index contributed by atoms with van der Waals surface area (Å²) in [4.78, 5) is 20.9. The zero-order valence-corrected chi connectivity index (χ0v) is 13.1. The van der Waals surface area contributed by atoms with E-state index >= 15 is 0 Å². The van der Waals surface area contributed by atoms with Gasteiger partial charge in [0.2, 0.25) is 0 Å². The molecule has 23 heavy (non-hydrogen) atoms. The number of hydrogen-bond donors (Lipinski definition) is 1. The highest BCUT2D eigenvalue weighted by atomic mass is 35.5. The van der Waals surface area contributed by atoms with Crippen molar-refractivity contribution < 1.29 is 14.6 Å². The zero-order chi connectivity index (χ0) is 16.2. The molecule has 1 aliphatic heterocycles. The first-order valence-electron chi connectivity index (χ1n) is 7.35. The Morgan fingerprint density at radius 2 is 1.96 bits per heavy atom. The van der Waals surface area contributed by atoms with Gasteiger partial charge >= 0.3 is 5.97 Å². The number of rotatable bonds is 4. The SMILES string of the molecule is O=C(O)c1cnc(N2CCC(Oc3ccccc3Cl)CC2)cn1. The third-order valence-electron chi connectivity index (χ3n) is 3.75. The van der Waals surface area contributed by atoms with Crippen LogP contribution >= 0.6 is 11.6 Å². The number of anilines is 1. The van der Waals surface area contributed by atoms with E-state index in [0.717, 1.165) is 25.9 Å². The van der Waals surface area contributed by atoms with Crippen molar-refractivity contribution in [1.82, 2.24) is 9.97 Å². The van der Waals surface area contributed by atoms with Gasteiger partial charge in [0.15, 0.2) is 5.69 Å². The van der Waals surface area contributed by atoms with Crippen LogP contribution in [0.25, 0.3) is 0 Å². The molecule has 0 unspecified atom stereocenters. The van der Waals surface area contributed by atoms with Crippen LogP contribution in [-0.4, -0.2) is 40.2 Å². The van der Waals surface area contributed by atoms with Crippen molar-refractivity contribution in [3.05, 3.63) is 47.4 Å². The van der Waals surface area contributed by atoms with Crippen molar-refractivity contribution in [2.45, 2.75) is 18.9 Å². The Morgan fingerprint density at radius 3 is 2.57 bits per heavy atom. The lowest BCUT2D eigenvalue weighted by atomic mass is 10.1. The highest BCUT2D eigenvalue weighted by molar-refractivity contribution is 6.32. The van der Waals surface area contributed by atoms with Gasteiger partial charge in [0.1, 0.15) is 17.7 Å². The molecule has 2 heterocycles. The van der Waals surface area contributed by atoms with Crippen molar-refractivity contribution >= 4 is 23.4 Å². The Hall–Kier alpha value is -2.34. The Morgan fingerprint density at radius 1 is 1.22 bits per heavy atom. The van der Waals surface area contributed by atoms with Gasteiger partial charge in [-0.25, -0.2) is 14.8 Å². The molecule has 0 radical (unpaired) electrons. The number of hydrogen-bond acceptors (Lipinski definition) is 5. The summed E-state index contributed by atoms with van der Waals surface area (Å²) in [5.41, 5.74) is -0.0503. The smallest absolute Gasteiger partial charge is 0.356 e. The van der Waals surface area contributed by atoms with Crippen molar-refractivity contribution in [2.24, 2.45) is 0 Å². The fourth-order valence-corrected chi connectivity index (χ4v) is 2.70. The molecule has 0 saturated carbocycles. The molecule has 1 saturated heterocycles. The van der Waals surface area contributed by atoms with Gasteiger partial charge in [-0.1, -0.05) is 23.7 Å². The topological polar surface area (TPSA) is 75.5 Å². The number of ether oxygens (including phenoxy) is 1. The van der Waals surface area contributed by atoms with Gasteiger partial charge in [-0.2, -0.15) is 0 Å². The highest BCUT2D eigenvalue weighted by Gasteiger charge is 2.22. The summed E-state index contributed by atoms with van der Waals surface area (Å²) in [7, 11) is 0. The molecule has 0 atom stereocenters. The minimum absolute atomic E-state index is 0.0503. The van der Waals surface area contributed by atoms with Crippen LogP contribution in [0.15, 0.2) is 36.7 Å². The number of piperidine rings is 1. The first-order valence-corrected chi connectivity index (χ1v) is 7.73. The molecule has 1 N–H and O–H groups in total. The molecule has 120 valence electrons. The van der Waals surface area contributed by atoms with E-state index in [0.29, 0.717) is 16.6 Å². The van der Waals surface area contributed by atoms with Crippen molar-refractivity contribution in [3.8, 4) is 5.75 Å². The lowest BCUT2D eigenvalue weighted by Crippen LogP contribution is -2.38. The molecule has 3 rings (SSSR count). The summed E-state index contributed by atoms with van der Waals surface area (Å²) in [6.45, 7) is 1.55. The normalized spacial score (nSPS) is 15.4. The van der Waals surface area contributed by atoms with Crippen molar-refractivity contribution in [2.75, 3.05) is 18.0 Å². The van der Waals surface area contributed by atoms with Gasteiger partial charge in [0, 0.05) is 25.9 Å². The number of para-hydroxylation sites is 1. The van der Waals surface area contributed by atoms with E-state index in [9.17, 15) is 4.79 Å². The molecule has 7 heteroatoms. The molecule has 0 amide bonds. The third-order valence-corrected chi connectivity index (χ3v) is 4.07. The van der Waals surface area contributed by atoms with Crippen LogP contribution in [0.5, 0.6) is 5.75 Å². The van der Waals surface area contributed by atoms with Crippen LogP contribution in [0.2, 0.25) is 5.02 Å². The second-order valence-electron chi connectivity index (χ2n) is 5.30. The number of benzene rings is 1. The predicted molar refractivity (Wildman–Crippen MR) is 86.3 cm³/mol. The van der Waals surface area contributed by atoms with E-state index in [1.54, 1.807) is 0 Å². The van der Waals surface area contributed by atoms with Crippen LogP contribution in [0.3, 0.4) is 0 Å². The number of aromatic nitrogens is 2. The summed E-state index contributed by atoms with van der Waals surface area (Å²) < 4.78 is 5.95. The predicted octanol–water partition coefficient (Wildman–Crippen LogP) is 2.88. The van der Waals surface area contributed by atoms with Gasteiger partial charge in [-0.05, 0) is 12.1 Å². The quantitative estimate of drug-likeness (QED) is 0.927. The van der Waals surface area contributed by atoms with E-state index in [1.807, 2.05) is 24.3 Å². The molecule has 1 aliphatic rings. The molecule has 1 aromatic heterocycles. The minimum Gasteiger partial charge on any atom is -0.489 e. The van der Waals surface area contributed by atoms with Gasteiger partial charge in [-0.15, -0.1) is 0 Å². The maximum absolute atomic E-state index is 10.8. The first-order chi connectivity index (χ1) is 11.1. The molecule has 1 fully saturated rings. The summed E-state index contributed by atoms with van der Waals surface area (Å²) >= 11 is 6.11. The fourth-order valence-electron chi connectivity index (χ4n) is 2.52. The zero-order valence-electron chi connectivity index (χ0n) is 12.4. The maximum Gasteiger partial charge on any atom is 0.356 e. The monoisotopic (exact) mass is 333 g/mol. The lowest BCUT2D eigenvalue weighted by Gasteiger charge is -2.32. The second kappa shape index (κ2) is 6.83. The van der Waals surface area contributed by atoms with Gasteiger partial charge in [0.25, 0.3) is 0 Å². The van der Waals surface area contributed by atoms with E-state index in [2.05, 4.69) is 14.9 Å².